The molecule has 1 rings (SSSR count). The minimum atomic E-state index is -0.578. The zero-order chi connectivity index (χ0) is 9.68. The zero-order valence-electron chi connectivity index (χ0n) is 8.93. The Hall–Kier alpha value is -0.110. The zero-order valence-corrected chi connectivity index (χ0v) is 8.93. The molecule has 13 heavy (non-hydrogen) atoms. The van der Waals surface area contributed by atoms with Crippen molar-refractivity contribution in [1.82, 2.24) is 4.90 Å². The van der Waals surface area contributed by atoms with Gasteiger partial charge >= 0.3 is 0 Å². The van der Waals surface area contributed by atoms with Crippen LogP contribution in [0.15, 0.2) is 0 Å². The molecule has 0 radical (unpaired) electrons. The van der Waals surface area contributed by atoms with Gasteiger partial charge in [-0.05, 0) is 25.3 Å². The summed E-state index contributed by atoms with van der Waals surface area (Å²) in [5, 5.41) is 0. The van der Waals surface area contributed by atoms with Crippen LogP contribution in [-0.2, 0) is 0 Å². The van der Waals surface area contributed by atoms with E-state index in [4.69, 9.17) is 0 Å². The van der Waals surface area contributed by atoms with Gasteiger partial charge in [-0.15, -0.1) is 0 Å². The fourth-order valence-electron chi connectivity index (χ4n) is 2.15. The molecule has 78 valence electrons. The van der Waals surface area contributed by atoms with Crippen molar-refractivity contribution < 1.29 is 4.39 Å². The Kier molecular flexibility index (Phi) is 4.71. The summed E-state index contributed by atoms with van der Waals surface area (Å²) in [5.74, 6) is 0.547. The van der Waals surface area contributed by atoms with E-state index in [0.29, 0.717) is 12.5 Å². The Morgan fingerprint density at radius 3 is 2.69 bits per heavy atom. The molecule has 2 heteroatoms. The predicted octanol–water partition coefficient (Wildman–Crippen LogP) is 2.86. The Balaban J connectivity index is 2.17. The highest BCUT2D eigenvalue weighted by atomic mass is 19.1. The summed E-state index contributed by atoms with van der Waals surface area (Å²) >= 11 is 0. The molecule has 0 N–H and O–H groups in total. The van der Waals surface area contributed by atoms with Gasteiger partial charge in [0, 0.05) is 13.1 Å². The smallest absolute Gasteiger partial charge is 0.113 e. The molecule has 0 saturated carbocycles. The van der Waals surface area contributed by atoms with Crippen LogP contribution in [0.5, 0.6) is 0 Å². The molecule has 0 aromatic rings. The second-order valence-corrected chi connectivity index (χ2v) is 4.40. The molecule has 1 nitrogen and oxygen atoms in total. The molecule has 0 aromatic carbocycles. The van der Waals surface area contributed by atoms with Gasteiger partial charge in [-0.2, -0.15) is 0 Å². The van der Waals surface area contributed by atoms with Crippen LogP contribution in [0.1, 0.15) is 39.5 Å². The Morgan fingerprint density at radius 1 is 1.31 bits per heavy atom. The number of halogens is 1. The van der Waals surface area contributed by atoms with E-state index in [1.54, 1.807) is 0 Å². The summed E-state index contributed by atoms with van der Waals surface area (Å²) in [6.07, 6.45) is 3.95. The number of alkyl halides is 1. The van der Waals surface area contributed by atoms with Crippen molar-refractivity contribution >= 4 is 0 Å². The predicted molar refractivity (Wildman–Crippen MR) is 54.6 cm³/mol. The van der Waals surface area contributed by atoms with Crippen molar-refractivity contribution in [3.05, 3.63) is 0 Å². The first kappa shape index (κ1) is 11.0. The highest BCUT2D eigenvalue weighted by molar-refractivity contribution is 4.76. The maximum Gasteiger partial charge on any atom is 0.113 e. The van der Waals surface area contributed by atoms with E-state index in [-0.39, 0.29) is 0 Å². The molecule has 1 saturated heterocycles. The van der Waals surface area contributed by atoms with Crippen LogP contribution < -0.4 is 0 Å². The molecule has 1 aliphatic heterocycles. The SMILES string of the molecule is CCCCCN1CC(F)C[C@@H](C)C1. The van der Waals surface area contributed by atoms with E-state index < -0.39 is 6.17 Å². The highest BCUT2D eigenvalue weighted by Gasteiger charge is 2.23. The monoisotopic (exact) mass is 187 g/mol. The van der Waals surface area contributed by atoms with Crippen molar-refractivity contribution in [2.24, 2.45) is 5.92 Å². The number of hydrogen-bond donors (Lipinski definition) is 0. The van der Waals surface area contributed by atoms with Gasteiger partial charge < -0.3 is 4.90 Å². The fraction of sp³-hybridized carbons (Fsp3) is 1.00. The van der Waals surface area contributed by atoms with Gasteiger partial charge in [-0.3, -0.25) is 0 Å². The van der Waals surface area contributed by atoms with Gasteiger partial charge in [-0.25, -0.2) is 4.39 Å². The third-order valence-electron chi connectivity index (χ3n) is 2.76. The lowest BCUT2D eigenvalue weighted by Gasteiger charge is -2.32. The molecule has 0 bridgehead atoms. The van der Waals surface area contributed by atoms with Crippen molar-refractivity contribution in [3.8, 4) is 0 Å². The Bertz CT molecular complexity index is 128. The topological polar surface area (TPSA) is 3.24 Å². The van der Waals surface area contributed by atoms with Crippen molar-refractivity contribution in [3.63, 3.8) is 0 Å². The summed E-state index contributed by atoms with van der Waals surface area (Å²) in [5.41, 5.74) is 0. The molecular formula is C11H22FN. The lowest BCUT2D eigenvalue weighted by molar-refractivity contribution is 0.102. The van der Waals surface area contributed by atoms with Crippen LogP contribution in [0.3, 0.4) is 0 Å². The number of hydrogen-bond acceptors (Lipinski definition) is 1. The van der Waals surface area contributed by atoms with Gasteiger partial charge in [0.1, 0.15) is 6.17 Å². The molecule has 0 spiro atoms. The number of piperidine rings is 1. The number of likely N-dealkylation sites (tertiary alicyclic amines) is 1. The summed E-state index contributed by atoms with van der Waals surface area (Å²) in [7, 11) is 0. The van der Waals surface area contributed by atoms with E-state index in [9.17, 15) is 4.39 Å². The molecule has 0 amide bonds. The van der Waals surface area contributed by atoms with Crippen LogP contribution in [0, 0.1) is 5.92 Å². The van der Waals surface area contributed by atoms with Crippen LogP contribution in [0.2, 0.25) is 0 Å². The Morgan fingerprint density at radius 2 is 2.08 bits per heavy atom. The molecular weight excluding hydrogens is 165 g/mol. The fourth-order valence-corrected chi connectivity index (χ4v) is 2.15. The summed E-state index contributed by atoms with van der Waals surface area (Å²) < 4.78 is 13.2. The minimum Gasteiger partial charge on any atom is -0.300 e. The molecule has 1 heterocycles. The molecule has 0 aromatic heterocycles. The number of unbranched alkanes of at least 4 members (excludes halogenated alkanes) is 2. The maximum absolute atomic E-state index is 13.2. The van der Waals surface area contributed by atoms with Crippen molar-refractivity contribution in [2.75, 3.05) is 19.6 Å². The van der Waals surface area contributed by atoms with Gasteiger partial charge in [0.15, 0.2) is 0 Å². The first-order valence-electron chi connectivity index (χ1n) is 5.58. The average molecular weight is 187 g/mol. The van der Waals surface area contributed by atoms with Crippen molar-refractivity contribution in [2.45, 2.75) is 45.7 Å². The highest BCUT2D eigenvalue weighted by Crippen LogP contribution is 2.18. The molecule has 2 atom stereocenters. The van der Waals surface area contributed by atoms with Crippen molar-refractivity contribution in [1.29, 1.82) is 0 Å². The van der Waals surface area contributed by atoms with Crippen LogP contribution in [0.4, 0.5) is 4.39 Å². The standard InChI is InChI=1S/C11H22FN/c1-3-4-5-6-13-8-10(2)7-11(12)9-13/h10-11H,3-9H2,1-2H3/t10-,11?/m1/s1. The normalized spacial score (nSPS) is 30.7. The third kappa shape index (κ3) is 4.08. The second kappa shape index (κ2) is 5.58. The quantitative estimate of drug-likeness (QED) is 0.612. The molecule has 1 unspecified atom stereocenters. The van der Waals surface area contributed by atoms with Gasteiger partial charge in [0.05, 0.1) is 0 Å². The lowest BCUT2D eigenvalue weighted by Crippen LogP contribution is -2.41. The second-order valence-electron chi connectivity index (χ2n) is 4.40. The molecule has 0 aliphatic carbocycles. The lowest BCUT2D eigenvalue weighted by atomic mass is 9.98. The Labute approximate surface area is 81.3 Å². The average Bonchev–Trinajstić information content (AvgIpc) is 2.03. The summed E-state index contributed by atoms with van der Waals surface area (Å²) in [6.45, 7) is 7.23. The van der Waals surface area contributed by atoms with Gasteiger partial charge in [0.2, 0.25) is 0 Å². The molecule has 1 fully saturated rings. The largest absolute Gasteiger partial charge is 0.300 e. The van der Waals surface area contributed by atoms with E-state index in [1.165, 1.54) is 19.3 Å². The number of nitrogens with zero attached hydrogens (tertiary/aromatic N) is 1. The van der Waals surface area contributed by atoms with E-state index >= 15 is 0 Å². The van der Waals surface area contributed by atoms with Gasteiger partial charge in [-0.1, -0.05) is 26.7 Å². The summed E-state index contributed by atoms with van der Waals surface area (Å²) in [4.78, 5) is 2.29. The third-order valence-corrected chi connectivity index (χ3v) is 2.76. The first-order chi connectivity index (χ1) is 6.22. The number of rotatable bonds is 4. The van der Waals surface area contributed by atoms with Crippen LogP contribution in [0.25, 0.3) is 0 Å². The van der Waals surface area contributed by atoms with E-state index in [0.717, 1.165) is 19.5 Å². The molecule has 1 aliphatic rings. The minimum absolute atomic E-state index is 0.547. The van der Waals surface area contributed by atoms with Crippen LogP contribution >= 0.6 is 0 Å². The first-order valence-corrected chi connectivity index (χ1v) is 5.58. The summed E-state index contributed by atoms with van der Waals surface area (Å²) in [6, 6.07) is 0. The van der Waals surface area contributed by atoms with Crippen LogP contribution in [-0.4, -0.2) is 30.7 Å². The van der Waals surface area contributed by atoms with E-state index in [1.807, 2.05) is 0 Å². The van der Waals surface area contributed by atoms with Gasteiger partial charge in [0.25, 0.3) is 0 Å². The van der Waals surface area contributed by atoms with E-state index in [2.05, 4.69) is 18.7 Å². The maximum atomic E-state index is 13.2.